The third-order valence-electron chi connectivity index (χ3n) is 3.05. The number of nitrogens with zero attached hydrogens (tertiary/aromatic N) is 2. The number of aromatic nitrogens is 2. The summed E-state index contributed by atoms with van der Waals surface area (Å²) in [6, 6.07) is 5.88. The summed E-state index contributed by atoms with van der Waals surface area (Å²) >= 11 is 0. The molecular formula is C12H12N4O. The molecule has 5 heteroatoms. The molecule has 0 saturated heterocycles. The van der Waals surface area contributed by atoms with E-state index in [4.69, 9.17) is 5.73 Å². The molecule has 2 aromatic rings. The van der Waals surface area contributed by atoms with Crippen LogP contribution in [0, 0.1) is 0 Å². The van der Waals surface area contributed by atoms with Gasteiger partial charge in [0.2, 0.25) is 5.91 Å². The lowest BCUT2D eigenvalue weighted by atomic mass is 10.1. The zero-order valence-corrected chi connectivity index (χ0v) is 9.40. The molecule has 1 aliphatic heterocycles. The van der Waals surface area contributed by atoms with Crippen molar-refractivity contribution in [2.24, 2.45) is 7.05 Å². The van der Waals surface area contributed by atoms with E-state index in [9.17, 15) is 4.79 Å². The van der Waals surface area contributed by atoms with Gasteiger partial charge in [-0.15, -0.1) is 0 Å². The highest BCUT2D eigenvalue weighted by Gasteiger charge is 2.18. The van der Waals surface area contributed by atoms with E-state index in [1.54, 1.807) is 6.20 Å². The van der Waals surface area contributed by atoms with Crippen LogP contribution in [0.3, 0.4) is 0 Å². The van der Waals surface area contributed by atoms with Crippen molar-refractivity contribution in [3.8, 4) is 11.3 Å². The molecule has 5 nitrogen and oxygen atoms in total. The number of nitrogens with one attached hydrogen (secondary N) is 1. The van der Waals surface area contributed by atoms with Gasteiger partial charge in [-0.2, -0.15) is 0 Å². The zero-order valence-electron chi connectivity index (χ0n) is 9.40. The van der Waals surface area contributed by atoms with Gasteiger partial charge in [0.15, 0.2) is 5.95 Å². The molecule has 1 amide bonds. The number of hydrogen-bond acceptors (Lipinski definition) is 3. The molecule has 0 atom stereocenters. The summed E-state index contributed by atoms with van der Waals surface area (Å²) in [6.07, 6.45) is 2.18. The van der Waals surface area contributed by atoms with Gasteiger partial charge in [0.05, 0.1) is 18.3 Å². The number of fused-ring (bicyclic) bond motifs is 1. The maximum absolute atomic E-state index is 11.3. The molecule has 2 heterocycles. The standard InChI is InChI=1S/C12H12N4O/c1-16-10(6-14-12(16)13)7-2-3-9-8(4-7)5-11(17)15-9/h2-4,6H,5H2,1H3,(H2,13,14)(H,15,17). The smallest absolute Gasteiger partial charge is 0.228 e. The predicted molar refractivity (Wildman–Crippen MR) is 65.4 cm³/mol. The highest BCUT2D eigenvalue weighted by atomic mass is 16.1. The molecule has 0 saturated carbocycles. The molecule has 17 heavy (non-hydrogen) atoms. The average Bonchev–Trinajstić information content (AvgIpc) is 2.81. The van der Waals surface area contributed by atoms with Gasteiger partial charge in [-0.05, 0) is 17.7 Å². The summed E-state index contributed by atoms with van der Waals surface area (Å²) in [4.78, 5) is 15.3. The van der Waals surface area contributed by atoms with E-state index in [2.05, 4.69) is 10.3 Å². The Morgan fingerprint density at radius 3 is 3.00 bits per heavy atom. The molecular weight excluding hydrogens is 216 g/mol. The largest absolute Gasteiger partial charge is 0.369 e. The van der Waals surface area contributed by atoms with E-state index in [1.165, 1.54) is 0 Å². The first-order chi connectivity index (χ1) is 8.15. The molecule has 3 N–H and O–H groups in total. The zero-order chi connectivity index (χ0) is 12.0. The van der Waals surface area contributed by atoms with Crippen LogP contribution in [0.25, 0.3) is 11.3 Å². The summed E-state index contributed by atoms with van der Waals surface area (Å²) in [5, 5.41) is 2.81. The lowest BCUT2D eigenvalue weighted by molar-refractivity contribution is -0.115. The van der Waals surface area contributed by atoms with Gasteiger partial charge < -0.3 is 15.6 Å². The molecule has 0 bridgehead atoms. The number of nitrogen functional groups attached to an aromatic ring is 1. The monoisotopic (exact) mass is 228 g/mol. The van der Waals surface area contributed by atoms with E-state index in [0.717, 1.165) is 22.5 Å². The highest BCUT2D eigenvalue weighted by molar-refractivity contribution is 5.99. The van der Waals surface area contributed by atoms with Crippen LogP contribution >= 0.6 is 0 Å². The molecule has 0 radical (unpaired) electrons. The van der Waals surface area contributed by atoms with Gasteiger partial charge in [0.25, 0.3) is 0 Å². The summed E-state index contributed by atoms with van der Waals surface area (Å²) < 4.78 is 1.83. The fraction of sp³-hybridized carbons (Fsp3) is 0.167. The Kier molecular flexibility index (Phi) is 1.95. The minimum atomic E-state index is 0.0432. The molecule has 0 aliphatic carbocycles. The summed E-state index contributed by atoms with van der Waals surface area (Å²) in [6.45, 7) is 0. The second-order valence-electron chi connectivity index (χ2n) is 4.16. The van der Waals surface area contributed by atoms with E-state index >= 15 is 0 Å². The third kappa shape index (κ3) is 1.47. The first kappa shape index (κ1) is 9.89. The second-order valence-corrected chi connectivity index (χ2v) is 4.16. The normalized spacial score (nSPS) is 13.6. The van der Waals surface area contributed by atoms with Crippen LogP contribution < -0.4 is 11.1 Å². The van der Waals surface area contributed by atoms with Crippen molar-refractivity contribution in [3.63, 3.8) is 0 Å². The van der Waals surface area contributed by atoms with Gasteiger partial charge in [-0.3, -0.25) is 4.79 Å². The van der Waals surface area contributed by atoms with Gasteiger partial charge >= 0.3 is 0 Å². The van der Waals surface area contributed by atoms with E-state index in [0.29, 0.717) is 12.4 Å². The number of hydrogen-bond donors (Lipinski definition) is 2. The number of carbonyl (C=O) groups excluding carboxylic acids is 1. The lowest BCUT2D eigenvalue weighted by Gasteiger charge is -2.05. The molecule has 0 fully saturated rings. The van der Waals surface area contributed by atoms with Gasteiger partial charge in [0, 0.05) is 18.3 Å². The summed E-state index contributed by atoms with van der Waals surface area (Å²) in [7, 11) is 1.87. The van der Waals surface area contributed by atoms with Gasteiger partial charge in [-0.25, -0.2) is 4.98 Å². The van der Waals surface area contributed by atoms with E-state index < -0.39 is 0 Å². The molecule has 1 aromatic carbocycles. The van der Waals surface area contributed by atoms with Crippen molar-refractivity contribution in [2.75, 3.05) is 11.1 Å². The molecule has 3 rings (SSSR count). The number of amides is 1. The molecule has 0 spiro atoms. The Hall–Kier alpha value is -2.30. The van der Waals surface area contributed by atoms with Crippen molar-refractivity contribution in [2.45, 2.75) is 6.42 Å². The maximum Gasteiger partial charge on any atom is 0.228 e. The SMILES string of the molecule is Cn1c(-c2ccc3c(c2)CC(=O)N3)cnc1N. The van der Waals surface area contributed by atoms with Crippen molar-refractivity contribution in [1.82, 2.24) is 9.55 Å². The van der Waals surface area contributed by atoms with Crippen molar-refractivity contribution in [1.29, 1.82) is 0 Å². The van der Waals surface area contributed by atoms with Gasteiger partial charge in [-0.1, -0.05) is 6.07 Å². The topological polar surface area (TPSA) is 72.9 Å². The number of imidazole rings is 1. The first-order valence-electron chi connectivity index (χ1n) is 5.35. The number of anilines is 2. The Bertz CT molecular complexity index is 615. The quantitative estimate of drug-likeness (QED) is 0.769. The van der Waals surface area contributed by atoms with Crippen LogP contribution in [0.1, 0.15) is 5.56 Å². The Morgan fingerprint density at radius 1 is 1.47 bits per heavy atom. The fourth-order valence-electron chi connectivity index (χ4n) is 2.08. The molecule has 1 aromatic heterocycles. The Labute approximate surface area is 98.3 Å². The van der Waals surface area contributed by atoms with Crippen LogP contribution in [0.2, 0.25) is 0 Å². The summed E-state index contributed by atoms with van der Waals surface area (Å²) in [5.74, 6) is 0.524. The van der Waals surface area contributed by atoms with Crippen molar-refractivity contribution >= 4 is 17.5 Å². The number of benzene rings is 1. The van der Waals surface area contributed by atoms with E-state index in [-0.39, 0.29) is 5.91 Å². The minimum Gasteiger partial charge on any atom is -0.369 e. The number of nitrogens with two attached hydrogens (primary N) is 1. The van der Waals surface area contributed by atoms with Crippen LogP contribution in [0.4, 0.5) is 11.6 Å². The molecule has 0 unspecified atom stereocenters. The minimum absolute atomic E-state index is 0.0432. The average molecular weight is 228 g/mol. The molecule has 86 valence electrons. The fourth-order valence-corrected chi connectivity index (χ4v) is 2.08. The van der Waals surface area contributed by atoms with Crippen LogP contribution in [-0.2, 0) is 18.3 Å². The molecule has 1 aliphatic rings. The van der Waals surface area contributed by atoms with E-state index in [1.807, 2.05) is 29.8 Å². The van der Waals surface area contributed by atoms with Crippen LogP contribution in [0.5, 0.6) is 0 Å². The Balaban J connectivity index is 2.09. The maximum atomic E-state index is 11.3. The predicted octanol–water partition coefficient (Wildman–Crippen LogP) is 1.16. The van der Waals surface area contributed by atoms with Gasteiger partial charge in [0.1, 0.15) is 0 Å². The van der Waals surface area contributed by atoms with Crippen LogP contribution in [0.15, 0.2) is 24.4 Å². The summed E-state index contributed by atoms with van der Waals surface area (Å²) in [5.41, 5.74) is 9.59. The van der Waals surface area contributed by atoms with Crippen molar-refractivity contribution < 1.29 is 4.79 Å². The number of rotatable bonds is 1. The highest BCUT2D eigenvalue weighted by Crippen LogP contribution is 2.29. The Morgan fingerprint density at radius 2 is 2.29 bits per heavy atom. The lowest BCUT2D eigenvalue weighted by Crippen LogP contribution is -2.03. The first-order valence-corrected chi connectivity index (χ1v) is 5.35. The number of carbonyl (C=O) groups is 1. The third-order valence-corrected chi connectivity index (χ3v) is 3.05. The van der Waals surface area contributed by atoms with Crippen molar-refractivity contribution in [3.05, 3.63) is 30.0 Å². The van der Waals surface area contributed by atoms with Crippen LogP contribution in [-0.4, -0.2) is 15.5 Å². The second kappa shape index (κ2) is 3.35.